The van der Waals surface area contributed by atoms with Crippen LogP contribution in [0, 0.1) is 49.4 Å². The standard InChI is InChI=1S/C26H24N2O3/c1-13-9-14(2)11-16(10-13)27-24(29)15-3-5-17(6-4-15)28-25(30)22-18-7-8-19(21-12-20(18)21)23(22)26(28)31/h3-11,18-23H,12H2,1-2H3,(H,27,29)/t18-,19-,20-,21+,22+,23+/m0/s1. The zero-order chi connectivity index (χ0) is 21.4. The van der Waals surface area contributed by atoms with Gasteiger partial charge in [0.05, 0.1) is 17.5 Å². The molecule has 2 aromatic rings. The number of anilines is 2. The van der Waals surface area contributed by atoms with E-state index in [-0.39, 0.29) is 41.4 Å². The first-order valence-electron chi connectivity index (χ1n) is 11.0. The van der Waals surface area contributed by atoms with Gasteiger partial charge in [0.25, 0.3) is 5.91 Å². The van der Waals surface area contributed by atoms with Crippen LogP contribution in [0.4, 0.5) is 11.4 Å². The molecular weight excluding hydrogens is 388 g/mol. The number of rotatable bonds is 3. The summed E-state index contributed by atoms with van der Waals surface area (Å²) in [6.07, 6.45) is 5.50. The van der Waals surface area contributed by atoms with Crippen LogP contribution in [0.1, 0.15) is 27.9 Å². The second-order valence-electron chi connectivity index (χ2n) is 9.54. The quantitative estimate of drug-likeness (QED) is 0.609. The van der Waals surface area contributed by atoms with Gasteiger partial charge < -0.3 is 5.32 Å². The Bertz CT molecular complexity index is 1110. The molecular formula is C26H24N2O3. The van der Waals surface area contributed by atoms with Crippen molar-refractivity contribution >= 4 is 29.1 Å². The minimum Gasteiger partial charge on any atom is -0.322 e. The monoisotopic (exact) mass is 412 g/mol. The van der Waals surface area contributed by atoms with Gasteiger partial charge >= 0.3 is 0 Å². The van der Waals surface area contributed by atoms with E-state index in [1.807, 2.05) is 26.0 Å². The summed E-state index contributed by atoms with van der Waals surface area (Å²) < 4.78 is 0. The van der Waals surface area contributed by atoms with Crippen LogP contribution in [0.15, 0.2) is 54.6 Å². The molecule has 6 atom stereocenters. The van der Waals surface area contributed by atoms with E-state index in [0.717, 1.165) is 23.2 Å². The lowest BCUT2D eigenvalue weighted by Gasteiger charge is -2.37. The van der Waals surface area contributed by atoms with Crippen LogP contribution in [0.2, 0.25) is 0 Å². The Morgan fingerprint density at radius 3 is 1.97 bits per heavy atom. The number of allylic oxidation sites excluding steroid dienone is 2. The minimum atomic E-state index is -0.216. The molecule has 2 saturated carbocycles. The molecule has 7 rings (SSSR count). The number of carbonyl (C=O) groups is 3. The molecule has 0 radical (unpaired) electrons. The van der Waals surface area contributed by atoms with Crippen molar-refractivity contribution in [2.45, 2.75) is 20.3 Å². The smallest absolute Gasteiger partial charge is 0.255 e. The second kappa shape index (κ2) is 6.39. The average molecular weight is 412 g/mol. The zero-order valence-corrected chi connectivity index (χ0v) is 17.5. The van der Waals surface area contributed by atoms with Crippen molar-refractivity contribution in [1.29, 1.82) is 0 Å². The summed E-state index contributed by atoms with van der Waals surface area (Å²) in [6.45, 7) is 3.98. The number of hydrogen-bond donors (Lipinski definition) is 1. The molecule has 31 heavy (non-hydrogen) atoms. The summed E-state index contributed by atoms with van der Waals surface area (Å²) >= 11 is 0. The lowest BCUT2D eigenvalue weighted by atomic mass is 9.63. The summed E-state index contributed by atoms with van der Waals surface area (Å²) in [6, 6.07) is 12.7. The van der Waals surface area contributed by atoms with E-state index < -0.39 is 0 Å². The molecule has 1 saturated heterocycles. The number of imide groups is 1. The van der Waals surface area contributed by atoms with Crippen molar-refractivity contribution in [3.05, 3.63) is 71.3 Å². The topological polar surface area (TPSA) is 66.5 Å². The SMILES string of the molecule is Cc1cc(C)cc(NC(=O)c2ccc(N3C(=O)[C@@H]4[C@H]5C=C[C@@H]([C@@H]6C[C@H]56)[C@H]4C3=O)cc2)c1. The summed E-state index contributed by atoms with van der Waals surface area (Å²) in [5.74, 6) is 0.811. The fourth-order valence-electron chi connectivity index (χ4n) is 6.22. The molecule has 1 heterocycles. The third kappa shape index (κ3) is 2.72. The molecule has 156 valence electrons. The van der Waals surface area contributed by atoms with E-state index >= 15 is 0 Å². The number of benzene rings is 2. The van der Waals surface area contributed by atoms with Crippen LogP contribution in [0.25, 0.3) is 0 Å². The van der Waals surface area contributed by atoms with Gasteiger partial charge in [-0.05, 0) is 91.5 Å². The zero-order valence-electron chi connectivity index (χ0n) is 17.5. The van der Waals surface area contributed by atoms with Crippen molar-refractivity contribution < 1.29 is 14.4 Å². The predicted molar refractivity (Wildman–Crippen MR) is 118 cm³/mol. The third-order valence-corrected chi connectivity index (χ3v) is 7.53. The number of hydrogen-bond acceptors (Lipinski definition) is 3. The van der Waals surface area contributed by atoms with Crippen molar-refractivity contribution in [2.75, 3.05) is 10.2 Å². The highest BCUT2D eigenvalue weighted by Crippen LogP contribution is 2.65. The van der Waals surface area contributed by atoms with E-state index in [9.17, 15) is 14.4 Å². The lowest BCUT2D eigenvalue weighted by molar-refractivity contribution is -0.124. The number of amides is 3. The maximum atomic E-state index is 13.2. The van der Waals surface area contributed by atoms with Crippen molar-refractivity contribution in [3.63, 3.8) is 0 Å². The molecule has 5 nitrogen and oxygen atoms in total. The Balaban J connectivity index is 1.23. The molecule has 0 unspecified atom stereocenters. The van der Waals surface area contributed by atoms with Crippen molar-refractivity contribution in [3.8, 4) is 0 Å². The highest BCUT2D eigenvalue weighted by Gasteiger charge is 2.67. The molecule has 2 bridgehead atoms. The molecule has 1 N–H and O–H groups in total. The van der Waals surface area contributed by atoms with Crippen LogP contribution in [-0.4, -0.2) is 17.7 Å². The van der Waals surface area contributed by atoms with Crippen LogP contribution in [0.3, 0.4) is 0 Å². The molecule has 2 aromatic carbocycles. The number of nitrogens with one attached hydrogen (secondary N) is 1. The Morgan fingerprint density at radius 2 is 1.42 bits per heavy atom. The van der Waals surface area contributed by atoms with Gasteiger partial charge in [0, 0.05) is 11.3 Å². The number of carbonyl (C=O) groups excluding carboxylic acids is 3. The van der Waals surface area contributed by atoms with Crippen LogP contribution < -0.4 is 10.2 Å². The number of nitrogens with zero attached hydrogens (tertiary/aromatic N) is 1. The average Bonchev–Trinajstić information content (AvgIpc) is 3.51. The van der Waals surface area contributed by atoms with Gasteiger partial charge in [-0.2, -0.15) is 0 Å². The highest BCUT2D eigenvalue weighted by molar-refractivity contribution is 6.22. The van der Waals surface area contributed by atoms with Gasteiger partial charge in [0.15, 0.2) is 0 Å². The largest absolute Gasteiger partial charge is 0.322 e. The summed E-state index contributed by atoms with van der Waals surface area (Å²) in [7, 11) is 0. The van der Waals surface area contributed by atoms with E-state index in [1.165, 1.54) is 4.90 Å². The Labute approximate surface area is 181 Å². The molecule has 3 fully saturated rings. The normalized spacial score (nSPS) is 32.1. The number of aryl methyl sites for hydroxylation is 2. The fraction of sp³-hybridized carbons (Fsp3) is 0.346. The van der Waals surface area contributed by atoms with Crippen LogP contribution >= 0.6 is 0 Å². The highest BCUT2D eigenvalue weighted by atomic mass is 16.2. The van der Waals surface area contributed by atoms with Gasteiger partial charge in [-0.15, -0.1) is 0 Å². The summed E-state index contributed by atoms with van der Waals surface area (Å²) in [5.41, 5.74) is 3.96. The van der Waals surface area contributed by atoms with Gasteiger partial charge in [0.2, 0.25) is 11.8 Å². The van der Waals surface area contributed by atoms with Crippen molar-refractivity contribution in [1.82, 2.24) is 0 Å². The summed E-state index contributed by atoms with van der Waals surface area (Å²) in [5, 5.41) is 2.92. The lowest BCUT2D eigenvalue weighted by Crippen LogP contribution is -2.40. The Morgan fingerprint density at radius 1 is 0.871 bits per heavy atom. The van der Waals surface area contributed by atoms with E-state index in [2.05, 4.69) is 23.5 Å². The van der Waals surface area contributed by atoms with Crippen LogP contribution in [-0.2, 0) is 9.59 Å². The van der Waals surface area contributed by atoms with Gasteiger partial charge in [-0.3, -0.25) is 19.3 Å². The Hall–Kier alpha value is -3.21. The minimum absolute atomic E-state index is 0.0767. The molecule has 0 spiro atoms. The van der Waals surface area contributed by atoms with Crippen molar-refractivity contribution in [2.24, 2.45) is 35.5 Å². The molecule has 5 aliphatic rings. The molecule has 5 heteroatoms. The van der Waals surface area contributed by atoms with Gasteiger partial charge in [-0.25, -0.2) is 0 Å². The maximum absolute atomic E-state index is 13.2. The first kappa shape index (κ1) is 18.6. The molecule has 3 amide bonds. The van der Waals surface area contributed by atoms with E-state index in [1.54, 1.807) is 24.3 Å². The Kier molecular flexibility index (Phi) is 3.83. The first-order chi connectivity index (χ1) is 14.9. The van der Waals surface area contributed by atoms with E-state index in [0.29, 0.717) is 23.1 Å². The fourth-order valence-corrected chi connectivity index (χ4v) is 6.22. The first-order valence-corrected chi connectivity index (χ1v) is 11.0. The predicted octanol–water partition coefficient (Wildman–Crippen LogP) is 4.11. The van der Waals surface area contributed by atoms with Crippen LogP contribution in [0.5, 0.6) is 0 Å². The third-order valence-electron chi connectivity index (χ3n) is 7.53. The molecule has 4 aliphatic carbocycles. The second-order valence-corrected chi connectivity index (χ2v) is 9.54. The maximum Gasteiger partial charge on any atom is 0.255 e. The van der Waals surface area contributed by atoms with Gasteiger partial charge in [0.1, 0.15) is 0 Å². The van der Waals surface area contributed by atoms with Gasteiger partial charge in [-0.1, -0.05) is 18.2 Å². The van der Waals surface area contributed by atoms with E-state index in [4.69, 9.17) is 0 Å². The molecule has 1 aliphatic heterocycles. The molecule has 0 aromatic heterocycles. The summed E-state index contributed by atoms with van der Waals surface area (Å²) in [4.78, 5) is 40.5.